The van der Waals surface area contributed by atoms with E-state index in [4.69, 9.17) is 21.1 Å². The second-order valence-electron chi connectivity index (χ2n) is 7.50. The van der Waals surface area contributed by atoms with E-state index in [2.05, 4.69) is 18.3 Å². The van der Waals surface area contributed by atoms with Gasteiger partial charge in [-0.15, -0.1) is 12.4 Å². The summed E-state index contributed by atoms with van der Waals surface area (Å²) in [6.45, 7) is 4.71. The number of benzene rings is 2. The summed E-state index contributed by atoms with van der Waals surface area (Å²) in [6, 6.07) is 13.5. The van der Waals surface area contributed by atoms with Crippen LogP contribution in [0, 0.1) is 5.92 Å². The monoisotopic (exact) mass is 453 g/mol. The molecule has 3 rings (SSSR count). The number of fused-ring (bicyclic) bond motifs is 1. The molecule has 0 saturated carbocycles. The smallest absolute Gasteiger partial charge is 0.344 e. The third kappa shape index (κ3) is 6.61. The number of aliphatic hydroxyl groups excluding tert-OH is 1. The molecule has 0 aliphatic heterocycles. The minimum Gasteiger partial charge on any atom is -0.482 e. The van der Waals surface area contributed by atoms with Crippen LogP contribution < -0.4 is 10.1 Å². The van der Waals surface area contributed by atoms with E-state index in [9.17, 15) is 9.90 Å². The number of ether oxygens (including phenoxy) is 2. The van der Waals surface area contributed by atoms with Gasteiger partial charge in [-0.1, -0.05) is 36.7 Å². The number of nitrogens with one attached hydrogen (secondary N) is 1. The van der Waals surface area contributed by atoms with Gasteiger partial charge in [-0.3, -0.25) is 0 Å². The minimum atomic E-state index is -0.610. The Kier molecular flexibility index (Phi) is 9.43. The van der Waals surface area contributed by atoms with Crippen LogP contribution in [0.5, 0.6) is 5.75 Å². The molecule has 0 saturated heterocycles. The standard InChI is InChI=1S/C23H28ClNO4.ClH/c1-3-28-23(27)14-29-20-8-7-16-9-15(2)21(12-18(16)11-20)25-13-22(26)17-5-4-6-19(24)10-17;/h4-8,10-11,15,21-22,25-26H,3,9,12-14H2,1-2H3;1H/t15?,21?,22-;/m0./s1. The van der Waals surface area contributed by atoms with Crippen molar-refractivity contribution in [1.82, 2.24) is 5.32 Å². The van der Waals surface area contributed by atoms with Crippen LogP contribution in [0.3, 0.4) is 0 Å². The van der Waals surface area contributed by atoms with E-state index >= 15 is 0 Å². The lowest BCUT2D eigenvalue weighted by Gasteiger charge is -2.32. The minimum absolute atomic E-state index is 0. The molecular weight excluding hydrogens is 425 g/mol. The molecule has 164 valence electrons. The van der Waals surface area contributed by atoms with Gasteiger partial charge < -0.3 is 19.9 Å². The van der Waals surface area contributed by atoms with Crippen LogP contribution in [0.25, 0.3) is 0 Å². The van der Waals surface area contributed by atoms with Gasteiger partial charge in [0.2, 0.25) is 0 Å². The molecule has 5 nitrogen and oxygen atoms in total. The van der Waals surface area contributed by atoms with Gasteiger partial charge in [0.05, 0.1) is 12.7 Å². The quantitative estimate of drug-likeness (QED) is 0.588. The topological polar surface area (TPSA) is 67.8 Å². The molecule has 30 heavy (non-hydrogen) atoms. The van der Waals surface area contributed by atoms with Crippen molar-refractivity contribution >= 4 is 30.0 Å². The molecule has 7 heteroatoms. The highest BCUT2D eigenvalue weighted by atomic mass is 35.5. The number of carbonyl (C=O) groups is 1. The zero-order chi connectivity index (χ0) is 20.8. The predicted molar refractivity (Wildman–Crippen MR) is 121 cm³/mol. The largest absolute Gasteiger partial charge is 0.482 e. The van der Waals surface area contributed by atoms with Crippen molar-refractivity contribution in [1.29, 1.82) is 0 Å². The highest BCUT2D eigenvalue weighted by Crippen LogP contribution is 2.29. The van der Waals surface area contributed by atoms with Crippen molar-refractivity contribution in [3.05, 3.63) is 64.2 Å². The summed E-state index contributed by atoms with van der Waals surface area (Å²) < 4.78 is 10.5. The Balaban J connectivity index is 0.00000320. The second-order valence-corrected chi connectivity index (χ2v) is 7.93. The Labute approximate surface area is 189 Å². The fourth-order valence-electron chi connectivity index (χ4n) is 3.72. The number of hydrogen-bond acceptors (Lipinski definition) is 5. The van der Waals surface area contributed by atoms with Crippen LogP contribution in [-0.2, 0) is 22.4 Å². The molecule has 1 aliphatic carbocycles. The zero-order valence-electron chi connectivity index (χ0n) is 17.3. The van der Waals surface area contributed by atoms with E-state index in [1.54, 1.807) is 19.1 Å². The molecule has 0 spiro atoms. The average Bonchev–Trinajstić information content (AvgIpc) is 2.70. The zero-order valence-corrected chi connectivity index (χ0v) is 18.8. The van der Waals surface area contributed by atoms with Crippen LogP contribution in [0.4, 0.5) is 0 Å². The normalized spacial score (nSPS) is 18.7. The molecule has 1 aliphatic rings. The summed E-state index contributed by atoms with van der Waals surface area (Å²) in [5, 5.41) is 14.6. The fraction of sp³-hybridized carbons (Fsp3) is 0.435. The molecule has 2 aromatic carbocycles. The Bertz CT molecular complexity index is 846. The predicted octanol–water partition coefficient (Wildman–Crippen LogP) is 4.13. The molecule has 0 heterocycles. The van der Waals surface area contributed by atoms with Crippen LogP contribution in [-0.4, -0.2) is 36.9 Å². The van der Waals surface area contributed by atoms with Crippen LogP contribution >= 0.6 is 24.0 Å². The lowest BCUT2D eigenvalue weighted by Crippen LogP contribution is -2.42. The molecule has 2 N–H and O–H groups in total. The van der Waals surface area contributed by atoms with Crippen LogP contribution in [0.15, 0.2) is 42.5 Å². The number of rotatable bonds is 8. The highest BCUT2D eigenvalue weighted by molar-refractivity contribution is 6.30. The summed E-state index contributed by atoms with van der Waals surface area (Å²) in [4.78, 5) is 11.5. The Hall–Kier alpha value is -1.79. The highest BCUT2D eigenvalue weighted by Gasteiger charge is 2.26. The molecule has 3 atom stereocenters. The third-order valence-corrected chi connectivity index (χ3v) is 5.55. The van der Waals surface area contributed by atoms with E-state index in [0.29, 0.717) is 29.8 Å². The van der Waals surface area contributed by atoms with Gasteiger partial charge in [-0.2, -0.15) is 0 Å². The average molecular weight is 454 g/mol. The molecule has 2 unspecified atom stereocenters. The maximum Gasteiger partial charge on any atom is 0.344 e. The van der Waals surface area contributed by atoms with Crippen LogP contribution in [0.1, 0.15) is 36.6 Å². The van der Waals surface area contributed by atoms with Crippen molar-refractivity contribution in [3.63, 3.8) is 0 Å². The SMILES string of the molecule is CCOC(=O)COc1ccc2c(c1)CC(NC[C@H](O)c1cccc(Cl)c1)C(C)C2.Cl. The van der Waals surface area contributed by atoms with Crippen molar-refractivity contribution in [2.24, 2.45) is 5.92 Å². The second kappa shape index (κ2) is 11.6. The molecule has 0 aromatic heterocycles. The van der Waals surface area contributed by atoms with E-state index in [1.807, 2.05) is 24.3 Å². The lowest BCUT2D eigenvalue weighted by molar-refractivity contribution is -0.145. The number of aliphatic hydroxyl groups is 1. The molecule has 0 amide bonds. The number of esters is 1. The Morgan fingerprint density at radius 1 is 1.23 bits per heavy atom. The molecule has 2 aromatic rings. The van der Waals surface area contributed by atoms with Gasteiger partial charge in [0.25, 0.3) is 0 Å². The first-order valence-electron chi connectivity index (χ1n) is 10.0. The fourth-order valence-corrected chi connectivity index (χ4v) is 3.92. The van der Waals surface area contributed by atoms with Gasteiger partial charge in [-0.05, 0) is 66.6 Å². The van der Waals surface area contributed by atoms with Crippen molar-refractivity contribution < 1.29 is 19.4 Å². The Morgan fingerprint density at radius 2 is 2.03 bits per heavy atom. The summed E-state index contributed by atoms with van der Waals surface area (Å²) in [5.74, 6) is 0.748. The lowest BCUT2D eigenvalue weighted by atomic mass is 9.81. The number of hydrogen-bond donors (Lipinski definition) is 2. The summed E-state index contributed by atoms with van der Waals surface area (Å²) in [5.41, 5.74) is 3.32. The summed E-state index contributed by atoms with van der Waals surface area (Å²) in [7, 11) is 0. The number of carbonyl (C=O) groups excluding carboxylic acids is 1. The van der Waals surface area contributed by atoms with Gasteiger partial charge in [-0.25, -0.2) is 4.79 Å². The first kappa shape index (κ1) is 24.5. The van der Waals surface area contributed by atoms with E-state index in [1.165, 1.54) is 11.1 Å². The van der Waals surface area contributed by atoms with Crippen molar-refractivity contribution in [2.45, 2.75) is 38.8 Å². The van der Waals surface area contributed by atoms with Crippen molar-refractivity contribution in [2.75, 3.05) is 19.8 Å². The maximum absolute atomic E-state index is 11.5. The van der Waals surface area contributed by atoms with Crippen LogP contribution in [0.2, 0.25) is 5.02 Å². The summed E-state index contributed by atoms with van der Waals surface area (Å²) >= 11 is 6.02. The van der Waals surface area contributed by atoms with E-state index in [-0.39, 0.29) is 31.0 Å². The van der Waals surface area contributed by atoms with Gasteiger partial charge in [0, 0.05) is 17.6 Å². The van der Waals surface area contributed by atoms with E-state index < -0.39 is 6.10 Å². The first-order valence-corrected chi connectivity index (χ1v) is 10.4. The van der Waals surface area contributed by atoms with Gasteiger partial charge >= 0.3 is 5.97 Å². The van der Waals surface area contributed by atoms with Gasteiger partial charge in [0.15, 0.2) is 6.61 Å². The van der Waals surface area contributed by atoms with Crippen molar-refractivity contribution in [3.8, 4) is 5.75 Å². The number of halogens is 2. The first-order chi connectivity index (χ1) is 14.0. The Morgan fingerprint density at radius 3 is 2.77 bits per heavy atom. The summed E-state index contributed by atoms with van der Waals surface area (Å²) in [6.07, 6.45) is 1.19. The van der Waals surface area contributed by atoms with E-state index in [0.717, 1.165) is 18.4 Å². The maximum atomic E-state index is 11.5. The molecule has 0 fully saturated rings. The molecular formula is C23H29Cl2NO4. The van der Waals surface area contributed by atoms with Gasteiger partial charge in [0.1, 0.15) is 5.75 Å². The third-order valence-electron chi connectivity index (χ3n) is 5.32. The molecule has 0 radical (unpaired) electrons. The molecule has 0 bridgehead atoms.